The van der Waals surface area contributed by atoms with Crippen LogP contribution in [0.2, 0.25) is 0 Å². The molecule has 0 heterocycles. The van der Waals surface area contributed by atoms with E-state index in [0.29, 0.717) is 5.69 Å². The van der Waals surface area contributed by atoms with Gasteiger partial charge in [0.25, 0.3) is 5.91 Å². The van der Waals surface area contributed by atoms with E-state index in [2.05, 4.69) is 5.32 Å². The van der Waals surface area contributed by atoms with Crippen molar-refractivity contribution in [2.75, 3.05) is 5.32 Å². The van der Waals surface area contributed by atoms with Crippen LogP contribution in [0.4, 0.5) is 5.69 Å². The summed E-state index contributed by atoms with van der Waals surface area (Å²) >= 11 is 0. The summed E-state index contributed by atoms with van der Waals surface area (Å²) in [5, 5.41) is 21.8. The van der Waals surface area contributed by atoms with Gasteiger partial charge in [0, 0.05) is 5.69 Å². The zero-order chi connectivity index (χ0) is 14.7. The Bertz CT molecular complexity index is 618. The molecule has 20 heavy (non-hydrogen) atoms. The number of amides is 1. The highest BCUT2D eigenvalue weighted by Crippen LogP contribution is 2.24. The maximum atomic E-state index is 12.1. The zero-order valence-corrected chi connectivity index (χ0v) is 11.4. The van der Waals surface area contributed by atoms with Gasteiger partial charge < -0.3 is 15.5 Å². The van der Waals surface area contributed by atoms with Gasteiger partial charge >= 0.3 is 0 Å². The standard InChI is InChI=1S/C16H17NO3/c1-10(2)11-3-8-14(15(19)9-11)16(20)17-12-4-6-13(18)7-5-12/h3-10,18-19H,1-2H3,(H,17,20). The average molecular weight is 271 g/mol. The van der Waals surface area contributed by atoms with Crippen molar-refractivity contribution in [2.24, 2.45) is 0 Å². The minimum absolute atomic E-state index is 0.0347. The third kappa shape index (κ3) is 3.09. The van der Waals surface area contributed by atoms with Crippen molar-refractivity contribution in [3.05, 3.63) is 53.6 Å². The first-order valence-corrected chi connectivity index (χ1v) is 6.40. The number of benzene rings is 2. The van der Waals surface area contributed by atoms with Crippen molar-refractivity contribution in [1.29, 1.82) is 0 Å². The Kier molecular flexibility index (Phi) is 3.94. The molecule has 0 radical (unpaired) electrons. The van der Waals surface area contributed by atoms with Crippen LogP contribution in [0.1, 0.15) is 35.7 Å². The van der Waals surface area contributed by atoms with Gasteiger partial charge in [0.15, 0.2) is 0 Å². The number of hydrogen-bond acceptors (Lipinski definition) is 3. The van der Waals surface area contributed by atoms with Gasteiger partial charge in [-0.05, 0) is 47.9 Å². The molecule has 0 aliphatic carbocycles. The van der Waals surface area contributed by atoms with Crippen LogP contribution >= 0.6 is 0 Å². The molecule has 2 aromatic carbocycles. The zero-order valence-electron chi connectivity index (χ0n) is 11.4. The first-order valence-electron chi connectivity index (χ1n) is 6.40. The summed E-state index contributed by atoms with van der Waals surface area (Å²) in [6.45, 7) is 4.04. The van der Waals surface area contributed by atoms with E-state index in [1.807, 2.05) is 19.9 Å². The van der Waals surface area contributed by atoms with Gasteiger partial charge in [0.2, 0.25) is 0 Å². The van der Waals surface area contributed by atoms with Gasteiger partial charge in [-0.1, -0.05) is 19.9 Å². The molecule has 0 saturated carbocycles. The fourth-order valence-electron chi connectivity index (χ4n) is 1.84. The number of phenolic OH excluding ortho intramolecular Hbond substituents is 2. The van der Waals surface area contributed by atoms with Crippen LogP contribution in [0.3, 0.4) is 0 Å². The van der Waals surface area contributed by atoms with Gasteiger partial charge in [-0.3, -0.25) is 4.79 Å². The van der Waals surface area contributed by atoms with Crippen molar-refractivity contribution >= 4 is 11.6 Å². The highest BCUT2D eigenvalue weighted by Gasteiger charge is 2.12. The molecule has 4 nitrogen and oxygen atoms in total. The molecule has 0 aliphatic rings. The second-order valence-electron chi connectivity index (χ2n) is 4.93. The number of phenols is 2. The number of rotatable bonds is 3. The molecule has 0 aromatic heterocycles. The fourth-order valence-corrected chi connectivity index (χ4v) is 1.84. The average Bonchev–Trinajstić information content (AvgIpc) is 2.41. The molecule has 3 N–H and O–H groups in total. The molecule has 2 aromatic rings. The van der Waals surface area contributed by atoms with Crippen LogP contribution in [-0.2, 0) is 0 Å². The van der Waals surface area contributed by atoms with Crippen molar-refractivity contribution in [1.82, 2.24) is 0 Å². The van der Waals surface area contributed by atoms with E-state index in [1.54, 1.807) is 24.3 Å². The summed E-state index contributed by atoms with van der Waals surface area (Å²) < 4.78 is 0. The lowest BCUT2D eigenvalue weighted by Gasteiger charge is -2.10. The number of nitrogens with one attached hydrogen (secondary N) is 1. The lowest BCUT2D eigenvalue weighted by atomic mass is 10.0. The molecule has 0 saturated heterocycles. The summed E-state index contributed by atoms with van der Waals surface area (Å²) in [5.74, 6) is -0.00165. The smallest absolute Gasteiger partial charge is 0.259 e. The van der Waals surface area contributed by atoms with E-state index in [1.165, 1.54) is 12.1 Å². The van der Waals surface area contributed by atoms with Crippen molar-refractivity contribution < 1.29 is 15.0 Å². The number of carbonyl (C=O) groups excluding carboxylic acids is 1. The van der Waals surface area contributed by atoms with Crippen LogP contribution in [0.15, 0.2) is 42.5 Å². The quantitative estimate of drug-likeness (QED) is 0.749. The predicted octanol–water partition coefficient (Wildman–Crippen LogP) is 3.47. The van der Waals surface area contributed by atoms with Crippen LogP contribution in [0.5, 0.6) is 11.5 Å². The van der Waals surface area contributed by atoms with E-state index in [0.717, 1.165) is 5.56 Å². The summed E-state index contributed by atoms with van der Waals surface area (Å²) in [6, 6.07) is 11.2. The van der Waals surface area contributed by atoms with Gasteiger partial charge in [0.1, 0.15) is 11.5 Å². The fraction of sp³-hybridized carbons (Fsp3) is 0.188. The van der Waals surface area contributed by atoms with Crippen molar-refractivity contribution in [3.63, 3.8) is 0 Å². The van der Waals surface area contributed by atoms with Crippen molar-refractivity contribution in [2.45, 2.75) is 19.8 Å². The molecular weight excluding hydrogens is 254 g/mol. The Morgan fingerprint density at radius 3 is 2.25 bits per heavy atom. The second kappa shape index (κ2) is 5.65. The maximum Gasteiger partial charge on any atom is 0.259 e. The van der Waals surface area contributed by atoms with Crippen LogP contribution < -0.4 is 5.32 Å². The highest BCUT2D eigenvalue weighted by molar-refractivity contribution is 6.06. The SMILES string of the molecule is CC(C)c1ccc(C(=O)Nc2ccc(O)cc2)c(O)c1. The lowest BCUT2D eigenvalue weighted by Crippen LogP contribution is -2.12. The molecule has 2 rings (SSSR count). The summed E-state index contributed by atoms with van der Waals surface area (Å²) in [6.07, 6.45) is 0. The molecule has 0 bridgehead atoms. The highest BCUT2D eigenvalue weighted by atomic mass is 16.3. The Morgan fingerprint density at radius 1 is 1.05 bits per heavy atom. The molecule has 0 spiro atoms. The third-order valence-electron chi connectivity index (χ3n) is 3.06. The van der Waals surface area contributed by atoms with Crippen LogP contribution in [-0.4, -0.2) is 16.1 Å². The molecule has 0 unspecified atom stereocenters. The van der Waals surface area contributed by atoms with E-state index >= 15 is 0 Å². The third-order valence-corrected chi connectivity index (χ3v) is 3.06. The Labute approximate surface area is 117 Å². The molecular formula is C16H17NO3. The van der Waals surface area contributed by atoms with Gasteiger partial charge in [-0.15, -0.1) is 0 Å². The normalized spacial score (nSPS) is 10.6. The number of aromatic hydroxyl groups is 2. The summed E-state index contributed by atoms with van der Waals surface area (Å²) in [4.78, 5) is 12.1. The lowest BCUT2D eigenvalue weighted by molar-refractivity contribution is 0.102. The monoisotopic (exact) mass is 271 g/mol. The predicted molar refractivity (Wildman–Crippen MR) is 78.3 cm³/mol. The molecule has 0 atom stereocenters. The molecule has 104 valence electrons. The van der Waals surface area contributed by atoms with E-state index in [4.69, 9.17) is 0 Å². The molecule has 1 amide bonds. The largest absolute Gasteiger partial charge is 0.508 e. The van der Waals surface area contributed by atoms with E-state index in [9.17, 15) is 15.0 Å². The molecule has 4 heteroatoms. The van der Waals surface area contributed by atoms with E-state index < -0.39 is 0 Å². The van der Waals surface area contributed by atoms with E-state index in [-0.39, 0.29) is 28.9 Å². The minimum atomic E-state index is -0.386. The first-order chi connectivity index (χ1) is 9.47. The second-order valence-corrected chi connectivity index (χ2v) is 4.93. The van der Waals surface area contributed by atoms with Gasteiger partial charge in [-0.2, -0.15) is 0 Å². The summed E-state index contributed by atoms with van der Waals surface area (Å²) in [5.41, 5.74) is 1.76. The van der Waals surface area contributed by atoms with Crippen LogP contribution in [0.25, 0.3) is 0 Å². The number of hydrogen-bond donors (Lipinski definition) is 3. The maximum absolute atomic E-state index is 12.1. The Hall–Kier alpha value is -2.49. The first kappa shape index (κ1) is 13.9. The Balaban J connectivity index is 2.19. The molecule has 0 aliphatic heterocycles. The topological polar surface area (TPSA) is 69.6 Å². The van der Waals surface area contributed by atoms with Gasteiger partial charge in [-0.25, -0.2) is 0 Å². The Morgan fingerprint density at radius 2 is 1.70 bits per heavy atom. The van der Waals surface area contributed by atoms with Gasteiger partial charge in [0.05, 0.1) is 5.56 Å². The molecule has 0 fully saturated rings. The van der Waals surface area contributed by atoms with Crippen LogP contribution in [0, 0.1) is 0 Å². The number of anilines is 1. The summed E-state index contributed by atoms with van der Waals surface area (Å²) in [7, 11) is 0. The number of carbonyl (C=O) groups is 1. The minimum Gasteiger partial charge on any atom is -0.508 e. The van der Waals surface area contributed by atoms with Crippen molar-refractivity contribution in [3.8, 4) is 11.5 Å².